The summed E-state index contributed by atoms with van der Waals surface area (Å²) >= 11 is 7.57. The van der Waals surface area contributed by atoms with E-state index in [0.717, 1.165) is 52.3 Å². The number of aromatic nitrogens is 4. The number of hydrogen-bond acceptors (Lipinski definition) is 7. The van der Waals surface area contributed by atoms with E-state index in [1.165, 1.54) is 0 Å². The van der Waals surface area contributed by atoms with E-state index in [9.17, 15) is 0 Å². The maximum atomic E-state index is 5.99. The molecule has 1 N–H and O–H groups in total. The van der Waals surface area contributed by atoms with Gasteiger partial charge < -0.3 is 14.8 Å². The fourth-order valence-corrected chi connectivity index (χ4v) is 4.15. The van der Waals surface area contributed by atoms with Crippen molar-refractivity contribution >= 4 is 35.8 Å². The first kappa shape index (κ1) is 26.8. The Hall–Kier alpha value is -2.78. The normalized spacial score (nSPS) is 10.6. The Bertz CT molecular complexity index is 1180. The van der Waals surface area contributed by atoms with E-state index in [-0.39, 0.29) is 12.4 Å². The molecule has 0 bridgehead atoms. The molecule has 0 saturated carbocycles. The van der Waals surface area contributed by atoms with Crippen molar-refractivity contribution < 1.29 is 9.47 Å². The number of benzene rings is 3. The van der Waals surface area contributed by atoms with E-state index in [1.54, 1.807) is 16.4 Å². The Morgan fingerprint density at radius 1 is 0.943 bits per heavy atom. The third-order valence-corrected chi connectivity index (χ3v) is 6.07. The van der Waals surface area contributed by atoms with Crippen molar-refractivity contribution in [2.24, 2.45) is 0 Å². The molecular weight excluding hydrogens is 505 g/mol. The number of tetrazole rings is 1. The quantitative estimate of drug-likeness (QED) is 0.188. The molecule has 4 aromatic rings. The van der Waals surface area contributed by atoms with Gasteiger partial charge in [0.1, 0.15) is 6.61 Å². The largest absolute Gasteiger partial charge is 0.490 e. The standard InChI is InChI=1S/C25H26ClN5O2S.ClH/c1-2-32-24-16-20(10-13-23(24)33-18-19-8-11-21(26)12-9-19)17-27-14-15-34-25-28-29-30-31(25)22-6-4-3-5-7-22;/h3-13,16,27H,2,14-15,17-18H2,1H3;1H. The second-order valence-corrected chi connectivity index (χ2v) is 8.86. The predicted molar refractivity (Wildman–Crippen MR) is 142 cm³/mol. The van der Waals surface area contributed by atoms with Crippen LogP contribution >= 0.6 is 35.8 Å². The van der Waals surface area contributed by atoms with E-state index < -0.39 is 0 Å². The topological polar surface area (TPSA) is 74.1 Å². The lowest BCUT2D eigenvalue weighted by atomic mass is 10.2. The molecule has 0 radical (unpaired) electrons. The number of hydrogen-bond donors (Lipinski definition) is 1. The molecule has 0 aliphatic carbocycles. The lowest BCUT2D eigenvalue weighted by molar-refractivity contribution is 0.269. The second kappa shape index (κ2) is 13.9. The zero-order valence-electron chi connectivity index (χ0n) is 19.3. The fourth-order valence-electron chi connectivity index (χ4n) is 3.24. The van der Waals surface area contributed by atoms with Crippen LogP contribution in [-0.2, 0) is 13.2 Å². The minimum Gasteiger partial charge on any atom is -0.490 e. The van der Waals surface area contributed by atoms with Crippen LogP contribution in [0.4, 0.5) is 0 Å². The third-order valence-electron chi connectivity index (χ3n) is 4.90. The molecule has 0 spiro atoms. The van der Waals surface area contributed by atoms with Crippen molar-refractivity contribution in [2.75, 3.05) is 18.9 Å². The average molecular weight is 532 g/mol. The highest BCUT2D eigenvalue weighted by molar-refractivity contribution is 7.99. The smallest absolute Gasteiger partial charge is 0.214 e. The van der Waals surface area contributed by atoms with E-state index in [1.807, 2.05) is 73.7 Å². The molecule has 1 heterocycles. The van der Waals surface area contributed by atoms with Crippen LogP contribution in [0, 0.1) is 0 Å². The Labute approximate surface area is 220 Å². The number of para-hydroxylation sites is 1. The van der Waals surface area contributed by atoms with Gasteiger partial charge in [-0.1, -0.05) is 59.8 Å². The summed E-state index contributed by atoms with van der Waals surface area (Å²) in [5, 5.41) is 17.0. The molecule has 0 fully saturated rings. The van der Waals surface area contributed by atoms with Crippen LogP contribution in [0.5, 0.6) is 11.5 Å². The molecule has 3 aromatic carbocycles. The molecule has 0 saturated heterocycles. The molecule has 10 heteroatoms. The molecule has 0 unspecified atom stereocenters. The second-order valence-electron chi connectivity index (χ2n) is 7.36. The van der Waals surface area contributed by atoms with Crippen LogP contribution < -0.4 is 14.8 Å². The van der Waals surface area contributed by atoms with Gasteiger partial charge >= 0.3 is 0 Å². The van der Waals surface area contributed by atoms with E-state index >= 15 is 0 Å². The molecule has 184 valence electrons. The van der Waals surface area contributed by atoms with Gasteiger partial charge in [0.25, 0.3) is 0 Å². The Kier molecular flexibility index (Phi) is 10.7. The highest BCUT2D eigenvalue weighted by Crippen LogP contribution is 2.29. The monoisotopic (exact) mass is 531 g/mol. The van der Waals surface area contributed by atoms with Gasteiger partial charge in [0.2, 0.25) is 5.16 Å². The lowest BCUT2D eigenvalue weighted by Crippen LogP contribution is -2.17. The van der Waals surface area contributed by atoms with Crippen LogP contribution in [0.2, 0.25) is 5.02 Å². The van der Waals surface area contributed by atoms with Gasteiger partial charge in [-0.15, -0.1) is 17.5 Å². The average Bonchev–Trinajstić information content (AvgIpc) is 3.34. The van der Waals surface area contributed by atoms with Crippen molar-refractivity contribution in [3.8, 4) is 17.2 Å². The van der Waals surface area contributed by atoms with Crippen LogP contribution in [0.25, 0.3) is 5.69 Å². The van der Waals surface area contributed by atoms with Crippen LogP contribution in [0.15, 0.2) is 78.0 Å². The summed E-state index contributed by atoms with van der Waals surface area (Å²) in [6.07, 6.45) is 0. The van der Waals surface area contributed by atoms with Gasteiger partial charge in [-0.2, -0.15) is 4.68 Å². The van der Waals surface area contributed by atoms with Crippen molar-refractivity contribution in [2.45, 2.75) is 25.2 Å². The molecule has 0 aliphatic rings. The first-order valence-corrected chi connectivity index (χ1v) is 12.4. The molecule has 7 nitrogen and oxygen atoms in total. The molecule has 35 heavy (non-hydrogen) atoms. The summed E-state index contributed by atoms with van der Waals surface area (Å²) < 4.78 is 13.6. The van der Waals surface area contributed by atoms with E-state index in [2.05, 4.69) is 26.9 Å². The number of nitrogens with one attached hydrogen (secondary N) is 1. The summed E-state index contributed by atoms with van der Waals surface area (Å²) in [4.78, 5) is 0. The summed E-state index contributed by atoms with van der Waals surface area (Å²) in [6, 6.07) is 23.5. The Balaban J connectivity index is 0.00000342. The van der Waals surface area contributed by atoms with Crippen LogP contribution in [0.3, 0.4) is 0 Å². The number of nitrogens with zero attached hydrogens (tertiary/aromatic N) is 4. The molecule has 1 aromatic heterocycles. The van der Waals surface area contributed by atoms with Crippen molar-refractivity contribution in [3.05, 3.63) is 88.9 Å². The van der Waals surface area contributed by atoms with Crippen LogP contribution in [-0.4, -0.2) is 39.1 Å². The molecule has 0 amide bonds. The zero-order chi connectivity index (χ0) is 23.6. The van der Waals surface area contributed by atoms with E-state index in [0.29, 0.717) is 18.2 Å². The third kappa shape index (κ3) is 7.86. The first-order valence-electron chi connectivity index (χ1n) is 11.0. The van der Waals surface area contributed by atoms with Gasteiger partial charge in [-0.25, -0.2) is 0 Å². The van der Waals surface area contributed by atoms with Gasteiger partial charge in [0, 0.05) is 23.9 Å². The first-order chi connectivity index (χ1) is 16.7. The maximum Gasteiger partial charge on any atom is 0.214 e. The molecule has 0 aliphatic heterocycles. The fraction of sp³-hybridized carbons (Fsp3) is 0.240. The Morgan fingerprint density at radius 3 is 2.49 bits per heavy atom. The van der Waals surface area contributed by atoms with Crippen molar-refractivity contribution in [3.63, 3.8) is 0 Å². The van der Waals surface area contributed by atoms with Crippen molar-refractivity contribution in [1.29, 1.82) is 0 Å². The zero-order valence-corrected chi connectivity index (χ0v) is 21.7. The number of ether oxygens (including phenoxy) is 2. The Morgan fingerprint density at radius 2 is 1.71 bits per heavy atom. The summed E-state index contributed by atoms with van der Waals surface area (Å²) in [6.45, 7) is 4.52. The van der Waals surface area contributed by atoms with Gasteiger partial charge in [0.05, 0.1) is 12.3 Å². The molecule has 0 atom stereocenters. The summed E-state index contributed by atoms with van der Waals surface area (Å²) in [5.74, 6) is 2.31. The maximum absolute atomic E-state index is 5.99. The van der Waals surface area contributed by atoms with Gasteiger partial charge in [0.15, 0.2) is 11.5 Å². The van der Waals surface area contributed by atoms with Crippen molar-refractivity contribution in [1.82, 2.24) is 25.5 Å². The number of halogens is 2. The van der Waals surface area contributed by atoms with Gasteiger partial charge in [-0.3, -0.25) is 0 Å². The number of rotatable bonds is 12. The SMILES string of the molecule is CCOc1cc(CNCCSc2nnnn2-c2ccccc2)ccc1OCc1ccc(Cl)cc1.Cl. The summed E-state index contributed by atoms with van der Waals surface area (Å²) in [7, 11) is 0. The van der Waals surface area contributed by atoms with Crippen LogP contribution in [0.1, 0.15) is 18.1 Å². The predicted octanol–water partition coefficient (Wildman–Crippen LogP) is 5.60. The minimum absolute atomic E-state index is 0. The van der Waals surface area contributed by atoms with Gasteiger partial charge in [-0.05, 0) is 64.9 Å². The lowest BCUT2D eigenvalue weighted by Gasteiger charge is -2.14. The number of thioether (sulfide) groups is 1. The highest BCUT2D eigenvalue weighted by atomic mass is 35.5. The minimum atomic E-state index is 0. The van der Waals surface area contributed by atoms with E-state index in [4.69, 9.17) is 21.1 Å². The molecule has 4 rings (SSSR count). The summed E-state index contributed by atoms with van der Waals surface area (Å²) in [5.41, 5.74) is 3.12. The highest BCUT2D eigenvalue weighted by Gasteiger charge is 2.09. The molecular formula is C25H27Cl2N5O2S.